The summed E-state index contributed by atoms with van der Waals surface area (Å²) in [6.45, 7) is 4.48. The molecule has 1 amide bonds. The molecule has 7 heteroatoms. The Kier molecular flexibility index (Phi) is 9.90. The molecule has 174 valence electrons. The Balaban J connectivity index is 1.44. The molecule has 0 radical (unpaired) electrons. The zero-order chi connectivity index (χ0) is 23.1. The summed E-state index contributed by atoms with van der Waals surface area (Å²) in [6, 6.07) is 24.4. The van der Waals surface area contributed by atoms with Crippen LogP contribution in [-0.4, -0.2) is 45.5 Å². The second-order valence-electron chi connectivity index (χ2n) is 6.98. The van der Waals surface area contributed by atoms with E-state index in [1.165, 1.54) is 0 Å². The fourth-order valence-corrected chi connectivity index (χ4v) is 2.96. The number of carbonyl (C=O) groups is 1. The quantitative estimate of drug-likeness (QED) is 0.349. The van der Waals surface area contributed by atoms with E-state index in [1.54, 1.807) is 6.07 Å². The van der Waals surface area contributed by atoms with Crippen LogP contribution in [0.25, 0.3) is 0 Å². The number of para-hydroxylation sites is 3. The smallest absolute Gasteiger partial charge is 0.243 e. The van der Waals surface area contributed by atoms with Crippen molar-refractivity contribution in [3.05, 3.63) is 78.9 Å². The molecule has 0 aliphatic carbocycles. The second kappa shape index (κ2) is 13.6. The normalized spacial score (nSPS) is 10.3. The number of nitrogens with one attached hydrogen (secondary N) is 2. The third-order valence-corrected chi connectivity index (χ3v) is 4.50. The lowest BCUT2D eigenvalue weighted by Gasteiger charge is -2.14. The first kappa shape index (κ1) is 23.9. The van der Waals surface area contributed by atoms with Gasteiger partial charge in [0.25, 0.3) is 0 Å². The minimum atomic E-state index is -0.186. The first-order valence-corrected chi connectivity index (χ1v) is 11.0. The lowest BCUT2D eigenvalue weighted by molar-refractivity contribution is -0.114. The lowest BCUT2D eigenvalue weighted by Crippen LogP contribution is -2.22. The molecule has 0 saturated carbocycles. The predicted molar refractivity (Wildman–Crippen MR) is 129 cm³/mol. The fraction of sp³-hybridized carbons (Fsp3) is 0.269. The van der Waals surface area contributed by atoms with Crippen molar-refractivity contribution >= 4 is 17.3 Å². The van der Waals surface area contributed by atoms with Gasteiger partial charge in [0, 0.05) is 18.4 Å². The van der Waals surface area contributed by atoms with Crippen molar-refractivity contribution in [1.82, 2.24) is 0 Å². The van der Waals surface area contributed by atoms with Crippen LogP contribution in [0.4, 0.5) is 11.4 Å². The van der Waals surface area contributed by atoms with Crippen LogP contribution in [0.15, 0.2) is 78.9 Å². The molecule has 0 atom stereocenters. The van der Waals surface area contributed by atoms with E-state index in [4.69, 9.17) is 18.9 Å². The van der Waals surface area contributed by atoms with Crippen molar-refractivity contribution in [2.45, 2.75) is 6.92 Å². The number of anilines is 2. The maximum atomic E-state index is 12.5. The zero-order valence-corrected chi connectivity index (χ0v) is 18.8. The van der Waals surface area contributed by atoms with Crippen LogP contribution in [-0.2, 0) is 9.53 Å². The van der Waals surface area contributed by atoms with E-state index in [9.17, 15) is 4.79 Å². The minimum absolute atomic E-state index is 0.105. The SMILES string of the molecule is CCOCCOc1cccc(NCC(=O)Nc2ccccc2OCCOc2ccccc2)c1. The highest BCUT2D eigenvalue weighted by Crippen LogP contribution is 2.24. The van der Waals surface area contributed by atoms with E-state index in [2.05, 4.69) is 10.6 Å². The largest absolute Gasteiger partial charge is 0.491 e. The monoisotopic (exact) mass is 450 g/mol. The number of carbonyl (C=O) groups excluding carboxylic acids is 1. The van der Waals surface area contributed by atoms with Gasteiger partial charge in [-0.25, -0.2) is 0 Å². The average molecular weight is 451 g/mol. The molecule has 0 aromatic heterocycles. The third kappa shape index (κ3) is 8.74. The third-order valence-electron chi connectivity index (χ3n) is 4.50. The Bertz CT molecular complexity index is 981. The van der Waals surface area contributed by atoms with Crippen molar-refractivity contribution in [3.63, 3.8) is 0 Å². The van der Waals surface area contributed by atoms with Gasteiger partial charge < -0.3 is 29.6 Å². The van der Waals surface area contributed by atoms with Gasteiger partial charge >= 0.3 is 0 Å². The molecule has 0 aliphatic heterocycles. The van der Waals surface area contributed by atoms with Gasteiger partial charge in [0.15, 0.2) is 0 Å². The maximum absolute atomic E-state index is 12.5. The Hall–Kier alpha value is -3.71. The van der Waals surface area contributed by atoms with Gasteiger partial charge in [0.1, 0.15) is 37.1 Å². The van der Waals surface area contributed by atoms with Crippen molar-refractivity contribution in [2.75, 3.05) is 50.2 Å². The average Bonchev–Trinajstić information content (AvgIpc) is 2.85. The van der Waals surface area contributed by atoms with E-state index in [0.29, 0.717) is 44.5 Å². The molecule has 0 aliphatic rings. The second-order valence-corrected chi connectivity index (χ2v) is 6.98. The van der Waals surface area contributed by atoms with Gasteiger partial charge in [-0.3, -0.25) is 4.79 Å². The van der Waals surface area contributed by atoms with E-state index < -0.39 is 0 Å². The molecule has 7 nitrogen and oxygen atoms in total. The molecule has 33 heavy (non-hydrogen) atoms. The van der Waals surface area contributed by atoms with E-state index in [0.717, 1.165) is 17.2 Å². The Morgan fingerprint density at radius 2 is 1.45 bits per heavy atom. The molecule has 0 heterocycles. The van der Waals surface area contributed by atoms with Crippen molar-refractivity contribution in [1.29, 1.82) is 0 Å². The molecular formula is C26H30N2O5. The van der Waals surface area contributed by atoms with Gasteiger partial charge in [0.2, 0.25) is 5.91 Å². The van der Waals surface area contributed by atoms with Crippen molar-refractivity contribution in [2.24, 2.45) is 0 Å². The zero-order valence-electron chi connectivity index (χ0n) is 18.8. The van der Waals surface area contributed by atoms with E-state index in [-0.39, 0.29) is 12.5 Å². The highest BCUT2D eigenvalue weighted by molar-refractivity contribution is 5.95. The molecule has 0 spiro atoms. The summed E-state index contributed by atoms with van der Waals surface area (Å²) in [5.41, 5.74) is 1.40. The Morgan fingerprint density at radius 1 is 0.758 bits per heavy atom. The lowest BCUT2D eigenvalue weighted by atomic mass is 10.3. The number of hydrogen-bond donors (Lipinski definition) is 2. The van der Waals surface area contributed by atoms with Crippen LogP contribution in [0.1, 0.15) is 6.92 Å². The van der Waals surface area contributed by atoms with Gasteiger partial charge in [-0.15, -0.1) is 0 Å². The molecule has 3 aromatic carbocycles. The molecule has 0 unspecified atom stereocenters. The first-order valence-electron chi connectivity index (χ1n) is 11.0. The molecule has 0 saturated heterocycles. The van der Waals surface area contributed by atoms with Crippen LogP contribution in [0, 0.1) is 0 Å². The number of rotatable bonds is 14. The highest BCUT2D eigenvalue weighted by atomic mass is 16.5. The van der Waals surface area contributed by atoms with Gasteiger partial charge in [0.05, 0.1) is 18.8 Å². The highest BCUT2D eigenvalue weighted by Gasteiger charge is 2.08. The van der Waals surface area contributed by atoms with Gasteiger partial charge in [-0.05, 0) is 43.3 Å². The molecule has 0 bridgehead atoms. The van der Waals surface area contributed by atoms with E-state index >= 15 is 0 Å². The van der Waals surface area contributed by atoms with E-state index in [1.807, 2.05) is 79.7 Å². The Labute approximate surface area is 194 Å². The minimum Gasteiger partial charge on any atom is -0.491 e. The molecule has 0 fully saturated rings. The van der Waals surface area contributed by atoms with Crippen molar-refractivity contribution in [3.8, 4) is 17.2 Å². The summed E-state index contributed by atoms with van der Waals surface area (Å²) in [5, 5.41) is 6.00. The number of hydrogen-bond acceptors (Lipinski definition) is 6. The van der Waals surface area contributed by atoms with Crippen LogP contribution >= 0.6 is 0 Å². The summed E-state index contributed by atoms with van der Waals surface area (Å²) in [7, 11) is 0. The van der Waals surface area contributed by atoms with Crippen LogP contribution in [0.3, 0.4) is 0 Å². The number of ether oxygens (including phenoxy) is 4. The summed E-state index contributed by atoms with van der Waals surface area (Å²) in [5.74, 6) is 1.91. The number of amides is 1. The molecule has 2 N–H and O–H groups in total. The standard InChI is InChI=1S/C26H30N2O5/c1-2-30-15-16-32-23-12-8-9-21(19-23)27-20-26(29)28-24-13-6-7-14-25(24)33-18-17-31-22-10-4-3-5-11-22/h3-14,19,27H,2,15-18,20H2,1H3,(H,28,29). The predicted octanol–water partition coefficient (Wildman–Crippen LogP) is 4.61. The molecule has 3 rings (SSSR count). The van der Waals surface area contributed by atoms with Crippen molar-refractivity contribution < 1.29 is 23.7 Å². The summed E-state index contributed by atoms with van der Waals surface area (Å²) < 4.78 is 22.4. The van der Waals surface area contributed by atoms with Crippen LogP contribution < -0.4 is 24.8 Å². The summed E-state index contributed by atoms with van der Waals surface area (Å²) >= 11 is 0. The number of benzene rings is 3. The summed E-state index contributed by atoms with van der Waals surface area (Å²) in [4.78, 5) is 12.5. The van der Waals surface area contributed by atoms with Crippen LogP contribution in [0.5, 0.6) is 17.2 Å². The first-order chi connectivity index (χ1) is 16.2. The Morgan fingerprint density at radius 3 is 2.30 bits per heavy atom. The maximum Gasteiger partial charge on any atom is 0.243 e. The van der Waals surface area contributed by atoms with Crippen LogP contribution in [0.2, 0.25) is 0 Å². The van der Waals surface area contributed by atoms with Gasteiger partial charge in [-0.1, -0.05) is 36.4 Å². The molecular weight excluding hydrogens is 420 g/mol. The van der Waals surface area contributed by atoms with Gasteiger partial charge in [-0.2, -0.15) is 0 Å². The topological polar surface area (TPSA) is 78.1 Å². The molecule has 3 aromatic rings. The summed E-state index contributed by atoms with van der Waals surface area (Å²) in [6.07, 6.45) is 0. The fourth-order valence-electron chi connectivity index (χ4n) is 2.96.